The van der Waals surface area contributed by atoms with Crippen LogP contribution in [0.2, 0.25) is 0 Å². The van der Waals surface area contributed by atoms with Crippen LogP contribution in [0.15, 0.2) is 66.7 Å². The molecule has 0 aliphatic carbocycles. The number of nitrogens with two attached hydrogens (primary N) is 2. The lowest BCUT2D eigenvalue weighted by molar-refractivity contribution is -0.538. The van der Waals surface area contributed by atoms with Gasteiger partial charge in [0.2, 0.25) is 16.7 Å². The Bertz CT molecular complexity index is 940. The van der Waals surface area contributed by atoms with Crippen molar-refractivity contribution in [3.05, 3.63) is 66.7 Å². The molecule has 5 heteroatoms. The monoisotopic (exact) mass is 323 g/mol. The summed E-state index contributed by atoms with van der Waals surface area (Å²) in [4.78, 5) is 4.71. The average molecular weight is 324 g/mol. The zero-order valence-corrected chi connectivity index (χ0v) is 13.1. The van der Waals surface area contributed by atoms with E-state index in [1.807, 2.05) is 54.6 Å². The van der Waals surface area contributed by atoms with Crippen LogP contribution in [0.4, 0.5) is 11.4 Å². The maximum Gasteiger partial charge on any atom is 0.239 e. The Labute approximate surface area is 139 Å². The van der Waals surface area contributed by atoms with Crippen molar-refractivity contribution in [2.45, 2.75) is 0 Å². The molecular weight excluding hydrogens is 308 g/mol. The second-order valence-corrected chi connectivity index (χ2v) is 5.28. The highest BCUT2D eigenvalue weighted by Gasteiger charge is 2.19. The van der Waals surface area contributed by atoms with E-state index in [1.165, 1.54) is 0 Å². The molecule has 4 rings (SSSR count). The van der Waals surface area contributed by atoms with E-state index in [0.717, 1.165) is 27.8 Å². The molecule has 0 amide bonds. The molecule has 0 saturated carbocycles. The Hall–Kier alpha value is -2.85. The molecule has 114 valence electrons. The molecule has 1 aromatic heterocycles. The fourth-order valence-electron chi connectivity index (χ4n) is 2.74. The SMILES string of the molecule is Cl.Nc1ccc2nc3ccc(N)cc3[n+](-c3ccccc3)c2c1. The molecule has 0 atom stereocenters. The molecule has 4 nitrogen and oxygen atoms in total. The molecule has 0 bridgehead atoms. The Balaban J connectivity index is 0.00000156. The van der Waals surface area contributed by atoms with Gasteiger partial charge in [-0.25, -0.2) is 4.98 Å². The number of anilines is 2. The van der Waals surface area contributed by atoms with Gasteiger partial charge in [0.05, 0.1) is 0 Å². The predicted molar refractivity (Wildman–Crippen MR) is 96.9 cm³/mol. The third-order valence-electron chi connectivity index (χ3n) is 3.74. The highest BCUT2D eigenvalue weighted by Crippen LogP contribution is 2.20. The number of nitrogen functional groups attached to an aromatic ring is 2. The number of hydrogen-bond donors (Lipinski definition) is 2. The van der Waals surface area contributed by atoms with E-state index in [2.05, 4.69) is 16.7 Å². The van der Waals surface area contributed by atoms with Crippen molar-refractivity contribution in [3.63, 3.8) is 0 Å². The van der Waals surface area contributed by atoms with Crippen molar-refractivity contribution in [1.29, 1.82) is 0 Å². The number of hydrogen-bond acceptors (Lipinski definition) is 3. The molecule has 3 aromatic carbocycles. The largest absolute Gasteiger partial charge is 0.399 e. The number of fused-ring (bicyclic) bond motifs is 2. The first kappa shape index (κ1) is 15.1. The third kappa shape index (κ3) is 2.53. The summed E-state index contributed by atoms with van der Waals surface area (Å²) < 4.78 is 2.14. The average Bonchev–Trinajstić information content (AvgIpc) is 2.54. The minimum Gasteiger partial charge on any atom is -0.399 e. The van der Waals surface area contributed by atoms with Gasteiger partial charge in [-0.1, -0.05) is 18.2 Å². The molecule has 0 aliphatic heterocycles. The van der Waals surface area contributed by atoms with Crippen LogP contribution >= 0.6 is 12.4 Å². The van der Waals surface area contributed by atoms with Gasteiger partial charge in [-0.3, -0.25) is 0 Å². The number of benzene rings is 3. The maximum atomic E-state index is 5.98. The summed E-state index contributed by atoms with van der Waals surface area (Å²) in [6, 6.07) is 21.7. The highest BCUT2D eigenvalue weighted by atomic mass is 35.5. The molecule has 4 aromatic rings. The topological polar surface area (TPSA) is 68.8 Å². The molecule has 0 radical (unpaired) electrons. The van der Waals surface area contributed by atoms with Crippen molar-refractivity contribution in [1.82, 2.24) is 4.98 Å². The van der Waals surface area contributed by atoms with Crippen LogP contribution in [0, 0.1) is 0 Å². The van der Waals surface area contributed by atoms with Gasteiger partial charge < -0.3 is 11.5 Å². The van der Waals surface area contributed by atoms with Crippen molar-refractivity contribution in [3.8, 4) is 5.69 Å². The van der Waals surface area contributed by atoms with Gasteiger partial charge in [-0.05, 0) is 24.3 Å². The van der Waals surface area contributed by atoms with Crippen molar-refractivity contribution >= 4 is 45.8 Å². The summed E-state index contributed by atoms with van der Waals surface area (Å²) in [5.74, 6) is 0. The highest BCUT2D eigenvalue weighted by molar-refractivity contribution is 5.86. The molecule has 23 heavy (non-hydrogen) atoms. The van der Waals surface area contributed by atoms with Crippen LogP contribution in [0.25, 0.3) is 27.8 Å². The lowest BCUT2D eigenvalue weighted by Gasteiger charge is -2.06. The zero-order chi connectivity index (χ0) is 15.1. The first-order valence-corrected chi connectivity index (χ1v) is 7.08. The summed E-state index contributed by atoms with van der Waals surface area (Å²) in [7, 11) is 0. The summed E-state index contributed by atoms with van der Waals surface area (Å²) in [5.41, 5.74) is 18.2. The van der Waals surface area contributed by atoms with E-state index in [1.54, 1.807) is 0 Å². The Morgan fingerprint density at radius 1 is 0.696 bits per heavy atom. The van der Waals surface area contributed by atoms with Gasteiger partial charge in [-0.15, -0.1) is 17.0 Å². The maximum absolute atomic E-state index is 5.98. The Kier molecular flexibility index (Phi) is 3.76. The van der Waals surface area contributed by atoms with E-state index >= 15 is 0 Å². The van der Waals surface area contributed by atoms with Gasteiger partial charge in [0.25, 0.3) is 0 Å². The third-order valence-corrected chi connectivity index (χ3v) is 3.74. The first-order chi connectivity index (χ1) is 10.7. The zero-order valence-electron chi connectivity index (χ0n) is 12.3. The van der Waals surface area contributed by atoms with Crippen LogP contribution in [0.5, 0.6) is 0 Å². The number of halogens is 1. The van der Waals surface area contributed by atoms with Gasteiger partial charge in [-0.2, -0.15) is 0 Å². The van der Waals surface area contributed by atoms with Gasteiger partial charge in [0, 0.05) is 35.6 Å². The quantitative estimate of drug-likeness (QED) is 0.321. The van der Waals surface area contributed by atoms with Crippen LogP contribution in [-0.2, 0) is 0 Å². The molecule has 0 saturated heterocycles. The standard InChI is InChI=1S/C18H14N4.ClH/c19-12-6-8-15-17(10-12)22(14-4-2-1-3-5-14)18-11-13(20)7-9-16(18)21-15;/h1-11H,(H3,19,20);1H/p+1. The number of para-hydroxylation sites is 1. The van der Waals surface area contributed by atoms with E-state index in [4.69, 9.17) is 16.5 Å². The molecule has 0 fully saturated rings. The molecular formula is C18H16ClN4+. The van der Waals surface area contributed by atoms with Gasteiger partial charge in [0.15, 0.2) is 0 Å². The van der Waals surface area contributed by atoms with Crippen molar-refractivity contribution in [2.24, 2.45) is 0 Å². The molecule has 4 N–H and O–H groups in total. The van der Waals surface area contributed by atoms with E-state index in [0.29, 0.717) is 11.4 Å². The van der Waals surface area contributed by atoms with Crippen LogP contribution in [-0.4, -0.2) is 4.98 Å². The van der Waals surface area contributed by atoms with Gasteiger partial charge in [0.1, 0.15) is 11.0 Å². The fraction of sp³-hybridized carbons (Fsp3) is 0. The lowest BCUT2D eigenvalue weighted by atomic mass is 10.2. The van der Waals surface area contributed by atoms with E-state index in [-0.39, 0.29) is 12.4 Å². The lowest BCUT2D eigenvalue weighted by Crippen LogP contribution is -2.33. The summed E-state index contributed by atoms with van der Waals surface area (Å²) in [6.45, 7) is 0. The van der Waals surface area contributed by atoms with Crippen molar-refractivity contribution in [2.75, 3.05) is 11.5 Å². The molecule has 0 aliphatic rings. The molecule has 0 spiro atoms. The Morgan fingerprint density at radius 2 is 1.22 bits per heavy atom. The fourth-order valence-corrected chi connectivity index (χ4v) is 2.74. The van der Waals surface area contributed by atoms with Gasteiger partial charge >= 0.3 is 0 Å². The minimum atomic E-state index is 0. The number of nitrogens with zero attached hydrogens (tertiary/aromatic N) is 2. The second kappa shape index (κ2) is 5.74. The molecule has 1 heterocycles. The van der Waals surface area contributed by atoms with Crippen molar-refractivity contribution < 1.29 is 4.57 Å². The Morgan fingerprint density at radius 3 is 1.74 bits per heavy atom. The second-order valence-electron chi connectivity index (χ2n) is 5.28. The van der Waals surface area contributed by atoms with Crippen LogP contribution in [0.1, 0.15) is 0 Å². The van der Waals surface area contributed by atoms with E-state index in [9.17, 15) is 0 Å². The predicted octanol–water partition coefficient (Wildman–Crippen LogP) is 3.25. The van der Waals surface area contributed by atoms with Crippen LogP contribution < -0.4 is 16.0 Å². The summed E-state index contributed by atoms with van der Waals surface area (Å²) in [6.07, 6.45) is 0. The summed E-state index contributed by atoms with van der Waals surface area (Å²) >= 11 is 0. The van der Waals surface area contributed by atoms with E-state index < -0.39 is 0 Å². The number of rotatable bonds is 1. The summed E-state index contributed by atoms with van der Waals surface area (Å²) in [5, 5.41) is 0. The number of aromatic nitrogens is 2. The molecule has 0 unspecified atom stereocenters. The first-order valence-electron chi connectivity index (χ1n) is 7.08. The van der Waals surface area contributed by atoms with Crippen LogP contribution in [0.3, 0.4) is 0 Å². The minimum absolute atomic E-state index is 0. The smallest absolute Gasteiger partial charge is 0.239 e. The normalized spacial score (nSPS) is 10.6.